The van der Waals surface area contributed by atoms with Crippen LogP contribution in [-0.4, -0.2) is 29.4 Å². The van der Waals surface area contributed by atoms with Gasteiger partial charge >= 0.3 is 0 Å². The van der Waals surface area contributed by atoms with E-state index in [1.807, 2.05) is 6.92 Å². The molecule has 0 aliphatic rings. The molecule has 1 aromatic rings. The number of aliphatic hydroxyl groups is 1. The Morgan fingerprint density at radius 1 is 1.44 bits per heavy atom. The molecule has 0 fully saturated rings. The predicted octanol–water partition coefficient (Wildman–Crippen LogP) is 2.20. The fourth-order valence-electron chi connectivity index (χ4n) is 1.37. The molecular formula is C13H18FNO2S. The zero-order chi connectivity index (χ0) is 13.4. The maximum absolute atomic E-state index is 12.7. The summed E-state index contributed by atoms with van der Waals surface area (Å²) >= 11 is 1.51. The number of amides is 1. The summed E-state index contributed by atoms with van der Waals surface area (Å²) in [6.45, 7) is 1.88. The molecule has 1 amide bonds. The summed E-state index contributed by atoms with van der Waals surface area (Å²) in [5.41, 5.74) is 0. The first-order valence-electron chi connectivity index (χ1n) is 5.94. The largest absolute Gasteiger partial charge is 0.394 e. The Morgan fingerprint density at radius 2 is 2.11 bits per heavy atom. The van der Waals surface area contributed by atoms with Gasteiger partial charge in [-0.3, -0.25) is 4.79 Å². The number of carbonyl (C=O) groups excluding carboxylic acids is 1. The molecule has 0 saturated carbocycles. The first-order valence-corrected chi connectivity index (χ1v) is 6.92. The molecule has 0 heterocycles. The van der Waals surface area contributed by atoms with E-state index in [2.05, 4.69) is 5.32 Å². The van der Waals surface area contributed by atoms with E-state index in [-0.39, 0.29) is 24.4 Å². The molecule has 100 valence electrons. The van der Waals surface area contributed by atoms with Gasteiger partial charge in [-0.15, -0.1) is 11.8 Å². The highest BCUT2D eigenvalue weighted by Gasteiger charge is 2.08. The van der Waals surface area contributed by atoms with Crippen molar-refractivity contribution in [3.63, 3.8) is 0 Å². The number of rotatable bonds is 7. The van der Waals surface area contributed by atoms with Gasteiger partial charge in [-0.2, -0.15) is 0 Å². The van der Waals surface area contributed by atoms with Gasteiger partial charge in [-0.1, -0.05) is 6.92 Å². The Morgan fingerprint density at radius 3 is 2.67 bits per heavy atom. The number of hydrogen-bond donors (Lipinski definition) is 2. The summed E-state index contributed by atoms with van der Waals surface area (Å²) in [6, 6.07) is 6.04. The molecule has 0 bridgehead atoms. The molecule has 0 saturated heterocycles. The van der Waals surface area contributed by atoms with Crippen molar-refractivity contribution < 1.29 is 14.3 Å². The zero-order valence-corrected chi connectivity index (χ0v) is 11.2. The van der Waals surface area contributed by atoms with Crippen LogP contribution < -0.4 is 5.32 Å². The molecule has 5 heteroatoms. The van der Waals surface area contributed by atoms with Crippen molar-refractivity contribution in [3.05, 3.63) is 30.1 Å². The van der Waals surface area contributed by atoms with E-state index in [0.717, 1.165) is 4.90 Å². The number of carbonyl (C=O) groups is 1. The van der Waals surface area contributed by atoms with E-state index in [0.29, 0.717) is 18.6 Å². The predicted molar refractivity (Wildman–Crippen MR) is 71.0 cm³/mol. The highest BCUT2D eigenvalue weighted by molar-refractivity contribution is 7.99. The number of benzene rings is 1. The van der Waals surface area contributed by atoms with Crippen molar-refractivity contribution in [1.82, 2.24) is 5.32 Å². The van der Waals surface area contributed by atoms with Crippen molar-refractivity contribution in [2.24, 2.45) is 0 Å². The van der Waals surface area contributed by atoms with Crippen LogP contribution in [0.1, 0.15) is 19.8 Å². The average Bonchev–Trinajstić information content (AvgIpc) is 2.38. The van der Waals surface area contributed by atoms with Gasteiger partial charge in [0.2, 0.25) is 5.91 Å². The van der Waals surface area contributed by atoms with E-state index >= 15 is 0 Å². The van der Waals surface area contributed by atoms with Crippen LogP contribution in [0.4, 0.5) is 4.39 Å². The first kappa shape index (κ1) is 15.0. The van der Waals surface area contributed by atoms with Crippen molar-refractivity contribution >= 4 is 17.7 Å². The van der Waals surface area contributed by atoms with Gasteiger partial charge in [0.1, 0.15) is 5.82 Å². The molecule has 1 aromatic carbocycles. The molecule has 0 aromatic heterocycles. The molecule has 3 nitrogen and oxygen atoms in total. The van der Waals surface area contributed by atoms with Crippen LogP contribution in [0.15, 0.2) is 29.2 Å². The summed E-state index contributed by atoms with van der Waals surface area (Å²) in [6.07, 6.45) is 1.10. The number of thioether (sulfide) groups is 1. The zero-order valence-electron chi connectivity index (χ0n) is 10.4. The van der Waals surface area contributed by atoms with Crippen molar-refractivity contribution in [3.8, 4) is 0 Å². The van der Waals surface area contributed by atoms with Crippen LogP contribution >= 0.6 is 11.8 Å². The second-order valence-electron chi connectivity index (χ2n) is 3.91. The number of aliphatic hydroxyl groups excluding tert-OH is 1. The fraction of sp³-hybridized carbons (Fsp3) is 0.462. The molecule has 2 N–H and O–H groups in total. The molecular weight excluding hydrogens is 253 g/mol. The summed E-state index contributed by atoms with van der Waals surface area (Å²) in [4.78, 5) is 12.5. The molecule has 0 unspecified atom stereocenters. The monoisotopic (exact) mass is 271 g/mol. The van der Waals surface area contributed by atoms with Gasteiger partial charge in [0, 0.05) is 17.1 Å². The lowest BCUT2D eigenvalue weighted by atomic mass is 10.2. The molecule has 0 radical (unpaired) electrons. The third-order valence-corrected chi connectivity index (χ3v) is 3.50. The van der Waals surface area contributed by atoms with Gasteiger partial charge in [0.05, 0.1) is 12.6 Å². The minimum absolute atomic E-state index is 0.0344. The van der Waals surface area contributed by atoms with Crippen LogP contribution in [0.5, 0.6) is 0 Å². The van der Waals surface area contributed by atoms with Gasteiger partial charge in [0.15, 0.2) is 0 Å². The lowest BCUT2D eigenvalue weighted by Crippen LogP contribution is -2.37. The van der Waals surface area contributed by atoms with E-state index in [1.165, 1.54) is 23.9 Å². The van der Waals surface area contributed by atoms with Crippen LogP contribution in [-0.2, 0) is 4.79 Å². The minimum atomic E-state index is -0.258. The van der Waals surface area contributed by atoms with Crippen LogP contribution in [0, 0.1) is 5.82 Å². The quantitative estimate of drug-likeness (QED) is 0.747. The van der Waals surface area contributed by atoms with Crippen LogP contribution in [0.2, 0.25) is 0 Å². The van der Waals surface area contributed by atoms with E-state index < -0.39 is 0 Å². The van der Waals surface area contributed by atoms with Gasteiger partial charge < -0.3 is 10.4 Å². The minimum Gasteiger partial charge on any atom is -0.394 e. The normalized spacial score (nSPS) is 12.2. The Hall–Kier alpha value is -1.07. The lowest BCUT2D eigenvalue weighted by molar-refractivity contribution is -0.121. The summed E-state index contributed by atoms with van der Waals surface area (Å²) < 4.78 is 12.7. The van der Waals surface area contributed by atoms with E-state index in [1.54, 1.807) is 12.1 Å². The van der Waals surface area contributed by atoms with Gasteiger partial charge in [-0.05, 0) is 30.7 Å². The highest BCUT2D eigenvalue weighted by atomic mass is 32.2. The van der Waals surface area contributed by atoms with Gasteiger partial charge in [0.25, 0.3) is 0 Å². The number of nitrogens with one attached hydrogen (secondary N) is 1. The lowest BCUT2D eigenvalue weighted by Gasteiger charge is -2.13. The van der Waals surface area contributed by atoms with Crippen molar-refractivity contribution in [2.45, 2.75) is 30.7 Å². The Labute approximate surface area is 111 Å². The molecule has 1 atom stereocenters. The molecule has 1 rings (SSSR count). The Balaban J connectivity index is 2.25. The second kappa shape index (κ2) is 8.11. The topological polar surface area (TPSA) is 49.3 Å². The third kappa shape index (κ3) is 5.51. The smallest absolute Gasteiger partial charge is 0.221 e. The standard InChI is InChI=1S/C13H18FNO2S/c1-2-11(9-16)15-13(17)7-8-18-12-5-3-10(14)4-6-12/h3-6,11,16H,2,7-9H2,1H3,(H,15,17)/t11-/m1/s1. The maximum atomic E-state index is 12.7. The van der Waals surface area contributed by atoms with E-state index in [9.17, 15) is 9.18 Å². The van der Waals surface area contributed by atoms with Crippen LogP contribution in [0.25, 0.3) is 0 Å². The number of halogens is 1. The van der Waals surface area contributed by atoms with Crippen molar-refractivity contribution in [1.29, 1.82) is 0 Å². The fourth-order valence-corrected chi connectivity index (χ4v) is 2.22. The highest BCUT2D eigenvalue weighted by Crippen LogP contribution is 2.18. The number of hydrogen-bond acceptors (Lipinski definition) is 3. The average molecular weight is 271 g/mol. The van der Waals surface area contributed by atoms with E-state index in [4.69, 9.17) is 5.11 Å². The molecule has 0 spiro atoms. The summed E-state index contributed by atoms with van der Waals surface area (Å²) in [7, 11) is 0. The van der Waals surface area contributed by atoms with Crippen molar-refractivity contribution in [2.75, 3.05) is 12.4 Å². The third-order valence-electron chi connectivity index (χ3n) is 2.49. The first-order chi connectivity index (χ1) is 8.65. The summed E-state index contributed by atoms with van der Waals surface area (Å²) in [5, 5.41) is 11.7. The molecule has 18 heavy (non-hydrogen) atoms. The molecule has 0 aliphatic carbocycles. The maximum Gasteiger partial charge on any atom is 0.221 e. The SMILES string of the molecule is CC[C@H](CO)NC(=O)CCSc1ccc(F)cc1. The van der Waals surface area contributed by atoms with Crippen LogP contribution in [0.3, 0.4) is 0 Å². The second-order valence-corrected chi connectivity index (χ2v) is 5.08. The summed E-state index contributed by atoms with van der Waals surface area (Å²) in [5.74, 6) is 0.315. The van der Waals surface area contributed by atoms with Gasteiger partial charge in [-0.25, -0.2) is 4.39 Å². The Bertz CT molecular complexity index is 366. The Kier molecular flexibility index (Phi) is 6.75. The molecule has 0 aliphatic heterocycles.